The zero-order chi connectivity index (χ0) is 92.1. The van der Waals surface area contributed by atoms with Crippen LogP contribution in [0.25, 0.3) is 67.2 Å². The van der Waals surface area contributed by atoms with Gasteiger partial charge in [0.05, 0.1) is 92.2 Å². The highest BCUT2D eigenvalue weighted by Gasteiger charge is 2.32. The number of halogens is 9. The number of carbonyl (C=O) groups is 2. The summed E-state index contributed by atoms with van der Waals surface area (Å²) in [5.74, 6) is -8.72. The number of hydrogen-bond donors (Lipinski definition) is 1. The van der Waals surface area contributed by atoms with Crippen LogP contribution < -0.4 is 53.7 Å². The van der Waals surface area contributed by atoms with Crippen molar-refractivity contribution in [2.75, 3.05) is 69.3 Å². The number of ketones is 2. The van der Waals surface area contributed by atoms with E-state index in [1.807, 2.05) is 0 Å². The highest BCUT2D eigenvalue weighted by molar-refractivity contribution is 5.83. The molecule has 128 heavy (non-hydrogen) atoms. The molecule has 662 valence electrons. The van der Waals surface area contributed by atoms with Gasteiger partial charge in [0.15, 0.2) is 51.6 Å². The Kier molecular flexibility index (Phi) is 27.3. The Hall–Kier alpha value is -14.8. The first-order valence-electron chi connectivity index (χ1n) is 39.8. The van der Waals surface area contributed by atoms with Crippen molar-refractivity contribution in [1.29, 1.82) is 0 Å². The molecule has 0 fully saturated rings. The van der Waals surface area contributed by atoms with E-state index in [0.717, 1.165) is 61.2 Å². The number of aromatic nitrogens is 12. The van der Waals surface area contributed by atoms with Gasteiger partial charge in [-0.25, -0.2) is 81.6 Å². The first-order chi connectivity index (χ1) is 61.2. The number of anilines is 1. The number of ether oxygens (including phenoxy) is 3. The second kappa shape index (κ2) is 38.4. The molecule has 0 saturated heterocycles. The van der Waals surface area contributed by atoms with Crippen molar-refractivity contribution in [3.63, 3.8) is 0 Å². The van der Waals surface area contributed by atoms with Gasteiger partial charge in [-0.05, 0) is 175 Å². The molecule has 0 spiro atoms. The summed E-state index contributed by atoms with van der Waals surface area (Å²) in [7, 11) is 14.4. The van der Waals surface area contributed by atoms with Crippen molar-refractivity contribution in [2.24, 2.45) is 0 Å². The number of fused-ring (bicyclic) bond motifs is 3. The fourth-order valence-corrected chi connectivity index (χ4v) is 14.7. The van der Waals surface area contributed by atoms with Gasteiger partial charge >= 0.3 is 17.1 Å². The molecule has 0 saturated carbocycles. The maximum atomic E-state index is 15.5. The smallest absolute Gasteiger partial charge is 0.337 e. The van der Waals surface area contributed by atoms with Gasteiger partial charge in [-0.2, -0.15) is 0 Å². The van der Waals surface area contributed by atoms with Crippen LogP contribution in [-0.4, -0.2) is 147 Å². The number of hydrogen-bond acceptors (Lipinski definition) is 18. The topological polar surface area (TPSA) is 283 Å². The second-order valence-corrected chi connectivity index (χ2v) is 30.5. The molecule has 2 N–H and O–H groups in total. The molecule has 0 unspecified atom stereocenters. The molecule has 27 nitrogen and oxygen atoms in total. The molecule has 0 amide bonds. The highest BCUT2D eigenvalue weighted by Crippen LogP contribution is 2.32. The molecule has 0 aliphatic carbocycles. The fraction of sp³-hybridized carbons (Fsp3) is 0.228. The molecule has 0 aliphatic heterocycles. The van der Waals surface area contributed by atoms with Crippen molar-refractivity contribution >= 4 is 50.4 Å². The zero-order valence-corrected chi connectivity index (χ0v) is 71.1. The Labute approximate surface area is 723 Å². The molecule has 36 heteroatoms. The molecule has 0 radical (unpaired) electrons. The summed E-state index contributed by atoms with van der Waals surface area (Å²) in [5, 5.41) is 13.7. The van der Waals surface area contributed by atoms with Crippen LogP contribution in [0.1, 0.15) is 71.6 Å². The predicted molar refractivity (Wildman–Crippen MR) is 463 cm³/mol. The van der Waals surface area contributed by atoms with Gasteiger partial charge in [-0.15, -0.1) is 15.3 Å². The first-order valence-corrected chi connectivity index (χ1v) is 39.8. The van der Waals surface area contributed by atoms with E-state index in [0.29, 0.717) is 66.4 Å². The van der Waals surface area contributed by atoms with Crippen LogP contribution in [0.4, 0.5) is 45.2 Å². The summed E-state index contributed by atoms with van der Waals surface area (Å²) >= 11 is 0. The van der Waals surface area contributed by atoms with E-state index in [1.165, 1.54) is 108 Å². The minimum atomic E-state index is -1.05. The SMILES string of the molecule is CCC(=O)Cc1ccc(-n2nc3c(c2CN(C)C)c(=O)n(-c2cccc(OC)c2F)c(=O)n3Cc2c(F)cccc2F)cc1.CCC(=O)Cc1ccc(-n2nc3c(c2CN(C)C)c(=O)n(-c2cccc(OC)c2F)c(=O)n3Cc2c(F)cccc2F)cc1.COc1cccc(-n2c(=O)c3c(CN(C)C)n(-c4ccc(N)cc4)nc3n(Cc3c(F)cccc3F)c2=O)c1F. The van der Waals surface area contributed by atoms with Crippen LogP contribution in [0.5, 0.6) is 17.2 Å². The Morgan fingerprint density at radius 2 is 0.594 bits per heavy atom. The maximum Gasteiger partial charge on any atom is 0.337 e. The van der Waals surface area contributed by atoms with Crippen LogP contribution in [-0.2, 0) is 61.7 Å². The third kappa shape index (κ3) is 18.1. The minimum absolute atomic E-state index is 0.0240. The summed E-state index contributed by atoms with van der Waals surface area (Å²) in [5.41, 5.74) is 2.01. The van der Waals surface area contributed by atoms with Gasteiger partial charge in [0.2, 0.25) is 0 Å². The lowest BCUT2D eigenvalue weighted by Gasteiger charge is -2.15. The molecule has 6 heterocycles. The molecule has 0 bridgehead atoms. The van der Waals surface area contributed by atoms with E-state index in [1.54, 1.807) is 144 Å². The predicted octanol–water partition coefficient (Wildman–Crippen LogP) is 12.2. The zero-order valence-electron chi connectivity index (χ0n) is 71.1. The van der Waals surface area contributed by atoms with Crippen LogP contribution in [0.15, 0.2) is 211 Å². The third-order valence-corrected chi connectivity index (χ3v) is 21.0. The Morgan fingerprint density at radius 1 is 0.352 bits per heavy atom. The minimum Gasteiger partial charge on any atom is -0.494 e. The Balaban J connectivity index is 0.000000164. The average Bonchev–Trinajstić information content (AvgIpc) is 1.58. The number of nitrogens with zero attached hydrogens (tertiary/aromatic N) is 15. The van der Waals surface area contributed by atoms with Crippen LogP contribution in [0.3, 0.4) is 0 Å². The Bertz CT molecular complexity index is 6850. The maximum absolute atomic E-state index is 15.5. The van der Waals surface area contributed by atoms with Crippen molar-refractivity contribution in [2.45, 2.75) is 78.8 Å². The summed E-state index contributed by atoms with van der Waals surface area (Å²) in [6.45, 7) is 2.21. The molecule has 0 aliphatic rings. The quantitative estimate of drug-likeness (QED) is 0.0370. The summed E-state index contributed by atoms with van der Waals surface area (Å²) in [6.07, 6.45) is 1.32. The molecule has 15 aromatic rings. The number of benzene rings is 9. The van der Waals surface area contributed by atoms with E-state index in [-0.39, 0.29) is 100 Å². The standard InChI is InChI=1S/2C32H30F3N5O4.C28H25F3N6O3/c2*1-5-21(41)16-19-12-14-20(15-13-19)40-26(18-37(2)3)28-30(36-40)38(17-22-23(33)8-6-9-24(22)34)32(43)39(31(28)42)25-10-7-11-27(44-4)29(25)35;1-34(2)15-22-24-26(33-37(22)17-12-10-16(32)11-13-17)35(14-18-19(29)6-4-7-20(18)30)28(39)36(27(24)38)21-8-5-9-23(40-3)25(21)31/h2*6-15H,5,16-18H2,1-4H3;4-13H,14-15,32H2,1-3H3. The van der Waals surface area contributed by atoms with Crippen molar-refractivity contribution < 1.29 is 63.3 Å². The number of nitrogens with two attached hydrogens (primary N) is 1. The van der Waals surface area contributed by atoms with Crippen LogP contribution in [0, 0.1) is 52.4 Å². The number of rotatable bonds is 27. The third-order valence-electron chi connectivity index (χ3n) is 21.0. The van der Waals surface area contributed by atoms with Crippen molar-refractivity contribution in [3.8, 4) is 51.4 Å². The number of methoxy groups -OCH3 is 3. The lowest BCUT2D eigenvalue weighted by molar-refractivity contribution is -0.118. The van der Waals surface area contributed by atoms with Gasteiger partial charge < -0.3 is 34.6 Å². The van der Waals surface area contributed by atoms with Gasteiger partial charge in [0.1, 0.15) is 62.6 Å². The normalized spacial score (nSPS) is 11.5. The second-order valence-electron chi connectivity index (χ2n) is 30.5. The van der Waals surface area contributed by atoms with Crippen LogP contribution >= 0.6 is 0 Å². The number of nitrogen functional groups attached to an aromatic ring is 1. The van der Waals surface area contributed by atoms with E-state index >= 15 is 13.2 Å². The molecule has 6 aromatic heterocycles. The van der Waals surface area contributed by atoms with E-state index in [9.17, 15) is 64.7 Å². The van der Waals surface area contributed by atoms with Gasteiger partial charge in [-0.1, -0.05) is 74.5 Å². The van der Waals surface area contributed by atoms with Crippen LogP contribution in [0.2, 0.25) is 0 Å². The summed E-state index contributed by atoms with van der Waals surface area (Å²) in [6, 6.07) is 42.5. The van der Waals surface area contributed by atoms with Crippen molar-refractivity contribution in [1.82, 2.24) is 71.4 Å². The van der Waals surface area contributed by atoms with Gasteiger partial charge in [0.25, 0.3) is 16.7 Å². The lowest BCUT2D eigenvalue weighted by Crippen LogP contribution is -2.40. The average molecular weight is 1760 g/mol. The van der Waals surface area contributed by atoms with Gasteiger partial charge in [0, 0.05) is 67.7 Å². The number of carbonyl (C=O) groups excluding carboxylic acids is 2. The molecular weight excluding hydrogens is 1680 g/mol. The fourth-order valence-electron chi connectivity index (χ4n) is 14.7. The molecule has 15 rings (SSSR count). The molecular formula is C92H85F9N16O11. The largest absolute Gasteiger partial charge is 0.494 e. The summed E-state index contributed by atoms with van der Waals surface area (Å²) < 4.78 is 160. The Morgan fingerprint density at radius 3 is 0.828 bits per heavy atom. The van der Waals surface area contributed by atoms with E-state index in [4.69, 9.17) is 19.9 Å². The first kappa shape index (κ1) is 90.9. The lowest BCUT2D eigenvalue weighted by atomic mass is 10.1. The molecule has 9 aromatic carbocycles. The summed E-state index contributed by atoms with van der Waals surface area (Å²) in [4.78, 5) is 114. The van der Waals surface area contributed by atoms with E-state index < -0.39 is 134 Å². The monoisotopic (exact) mass is 1760 g/mol. The molecule has 0 atom stereocenters. The van der Waals surface area contributed by atoms with Gasteiger partial charge in [-0.3, -0.25) is 37.7 Å². The number of Topliss-reactive ketones (excluding diaryl/α,β-unsaturated/α-hetero) is 2. The highest BCUT2D eigenvalue weighted by atomic mass is 19.2. The van der Waals surface area contributed by atoms with E-state index in [2.05, 4.69) is 15.3 Å². The van der Waals surface area contributed by atoms with Crippen molar-refractivity contribution in [3.05, 3.63) is 342 Å².